The summed E-state index contributed by atoms with van der Waals surface area (Å²) in [7, 11) is 1.75. The van der Waals surface area contributed by atoms with Gasteiger partial charge in [-0.05, 0) is 23.8 Å². The van der Waals surface area contributed by atoms with Gasteiger partial charge in [0.05, 0.1) is 0 Å². The van der Waals surface area contributed by atoms with Crippen LogP contribution < -0.4 is 5.56 Å². The molecule has 6 nitrogen and oxygen atoms in total. The molecule has 2 N–H and O–H groups in total. The number of nitrogens with one attached hydrogen (secondary N) is 1. The normalized spacial score (nSPS) is 10.8. The summed E-state index contributed by atoms with van der Waals surface area (Å²) in [6.07, 6.45) is 1.72. The number of H-pyrrole nitrogens is 1. The number of benzene rings is 1. The van der Waals surface area contributed by atoms with Crippen molar-refractivity contribution >= 4 is 11.6 Å². The average Bonchev–Trinajstić information content (AvgIpc) is 2.87. The SMILES string of the molecule is Cn1ccc(-c2nc(O)c(-c3ccc(Cl)cc3)c(=O)[nH]2)n1. The maximum atomic E-state index is 12.2. The van der Waals surface area contributed by atoms with E-state index in [1.165, 1.54) is 0 Å². The third-order valence-corrected chi connectivity index (χ3v) is 3.24. The summed E-state index contributed by atoms with van der Waals surface area (Å²) < 4.78 is 1.58. The number of aromatic hydroxyl groups is 1. The first-order valence-electron chi connectivity index (χ1n) is 6.14. The predicted octanol–water partition coefficient (Wildman–Crippen LogP) is 2.20. The largest absolute Gasteiger partial charge is 0.493 e. The molecule has 3 aromatic rings. The molecule has 0 spiro atoms. The van der Waals surface area contributed by atoms with Gasteiger partial charge in [0, 0.05) is 18.3 Å². The molecular weight excluding hydrogens is 292 g/mol. The fourth-order valence-electron chi connectivity index (χ4n) is 2.00. The van der Waals surface area contributed by atoms with Crippen LogP contribution in [0, 0.1) is 0 Å². The summed E-state index contributed by atoms with van der Waals surface area (Å²) in [6.45, 7) is 0. The first-order chi connectivity index (χ1) is 10.0. The lowest BCUT2D eigenvalue weighted by molar-refractivity contribution is 0.454. The molecule has 21 heavy (non-hydrogen) atoms. The van der Waals surface area contributed by atoms with E-state index in [2.05, 4.69) is 15.1 Å². The molecule has 0 saturated heterocycles. The van der Waals surface area contributed by atoms with Crippen LogP contribution in [0.4, 0.5) is 0 Å². The van der Waals surface area contributed by atoms with Crippen molar-refractivity contribution in [3.63, 3.8) is 0 Å². The summed E-state index contributed by atoms with van der Waals surface area (Å²) in [4.78, 5) is 18.8. The third kappa shape index (κ3) is 2.53. The van der Waals surface area contributed by atoms with E-state index in [-0.39, 0.29) is 17.3 Å². The van der Waals surface area contributed by atoms with Gasteiger partial charge in [-0.3, -0.25) is 9.48 Å². The zero-order chi connectivity index (χ0) is 15.0. The van der Waals surface area contributed by atoms with E-state index in [0.29, 0.717) is 16.3 Å². The molecule has 3 rings (SSSR count). The van der Waals surface area contributed by atoms with Crippen molar-refractivity contribution in [2.75, 3.05) is 0 Å². The molecule has 2 aromatic heterocycles. The fourth-order valence-corrected chi connectivity index (χ4v) is 2.13. The number of halogens is 1. The van der Waals surface area contributed by atoms with Gasteiger partial charge in [0.25, 0.3) is 5.56 Å². The van der Waals surface area contributed by atoms with Crippen molar-refractivity contribution in [2.45, 2.75) is 0 Å². The highest BCUT2D eigenvalue weighted by molar-refractivity contribution is 6.30. The van der Waals surface area contributed by atoms with Crippen molar-refractivity contribution in [2.24, 2.45) is 7.05 Å². The van der Waals surface area contributed by atoms with Gasteiger partial charge < -0.3 is 10.1 Å². The van der Waals surface area contributed by atoms with Crippen LogP contribution in [0.25, 0.3) is 22.6 Å². The van der Waals surface area contributed by atoms with Gasteiger partial charge in [0.2, 0.25) is 5.88 Å². The Kier molecular flexibility index (Phi) is 3.23. The number of aromatic amines is 1. The molecule has 1 aromatic carbocycles. The van der Waals surface area contributed by atoms with Gasteiger partial charge in [-0.2, -0.15) is 10.1 Å². The standard InChI is InChI=1S/C14H11ClN4O2/c1-19-7-6-10(18-19)12-16-13(20)11(14(21)17-12)8-2-4-9(15)5-3-8/h2-7H,1H3,(H2,16,17,20,21). The summed E-state index contributed by atoms with van der Waals surface area (Å²) >= 11 is 5.81. The lowest BCUT2D eigenvalue weighted by Gasteiger charge is -2.05. The first-order valence-corrected chi connectivity index (χ1v) is 6.51. The quantitative estimate of drug-likeness (QED) is 0.760. The van der Waals surface area contributed by atoms with Crippen LogP contribution in [0.1, 0.15) is 0 Å². The van der Waals surface area contributed by atoms with Crippen LogP contribution in [0.15, 0.2) is 41.3 Å². The van der Waals surface area contributed by atoms with Gasteiger partial charge in [-0.15, -0.1) is 0 Å². The first kappa shape index (κ1) is 13.4. The topological polar surface area (TPSA) is 83.8 Å². The van der Waals surface area contributed by atoms with Gasteiger partial charge >= 0.3 is 0 Å². The number of nitrogens with zero attached hydrogens (tertiary/aromatic N) is 3. The summed E-state index contributed by atoms with van der Waals surface area (Å²) in [5.74, 6) is -0.127. The second kappa shape index (κ2) is 5.06. The predicted molar refractivity (Wildman–Crippen MR) is 79.2 cm³/mol. The van der Waals surface area contributed by atoms with E-state index in [4.69, 9.17) is 11.6 Å². The van der Waals surface area contributed by atoms with Gasteiger partial charge in [-0.25, -0.2) is 0 Å². The number of aryl methyl sites for hydroxylation is 1. The molecule has 0 saturated carbocycles. The number of hydrogen-bond acceptors (Lipinski definition) is 4. The van der Waals surface area contributed by atoms with Crippen LogP contribution in [-0.4, -0.2) is 24.9 Å². The molecule has 0 unspecified atom stereocenters. The molecule has 0 aliphatic carbocycles. The van der Waals surface area contributed by atoms with Crippen LogP contribution in [-0.2, 0) is 7.05 Å². The molecule has 0 atom stereocenters. The van der Waals surface area contributed by atoms with E-state index in [9.17, 15) is 9.90 Å². The van der Waals surface area contributed by atoms with Crippen molar-refractivity contribution in [1.82, 2.24) is 19.7 Å². The lowest BCUT2D eigenvalue weighted by atomic mass is 10.1. The maximum absolute atomic E-state index is 12.2. The molecule has 106 valence electrons. The average molecular weight is 303 g/mol. The smallest absolute Gasteiger partial charge is 0.262 e. The van der Waals surface area contributed by atoms with Crippen LogP contribution in [0.5, 0.6) is 5.88 Å². The summed E-state index contributed by atoms with van der Waals surface area (Å²) in [6, 6.07) is 8.27. The zero-order valence-corrected chi connectivity index (χ0v) is 11.8. The Bertz CT molecular complexity index is 852. The minimum atomic E-state index is -0.439. The molecule has 7 heteroatoms. The van der Waals surface area contributed by atoms with Crippen molar-refractivity contribution in [1.29, 1.82) is 0 Å². The minimum absolute atomic E-state index is 0.103. The Hall–Kier alpha value is -2.60. The Morgan fingerprint density at radius 1 is 1.24 bits per heavy atom. The molecule has 0 aliphatic rings. The van der Waals surface area contributed by atoms with Gasteiger partial charge in [-0.1, -0.05) is 23.7 Å². The number of aromatic nitrogens is 4. The van der Waals surface area contributed by atoms with Crippen LogP contribution in [0.2, 0.25) is 5.02 Å². The summed E-state index contributed by atoms with van der Waals surface area (Å²) in [5.41, 5.74) is 0.683. The van der Waals surface area contributed by atoms with Crippen molar-refractivity contribution < 1.29 is 5.11 Å². The Morgan fingerprint density at radius 3 is 2.52 bits per heavy atom. The van der Waals surface area contributed by atoms with Gasteiger partial charge in [0.15, 0.2) is 5.82 Å². The molecule has 0 fully saturated rings. The molecule has 0 bridgehead atoms. The van der Waals surface area contributed by atoms with Crippen molar-refractivity contribution in [3.8, 4) is 28.5 Å². The second-order valence-electron chi connectivity index (χ2n) is 4.49. The number of rotatable bonds is 2. The van der Waals surface area contributed by atoms with Crippen LogP contribution >= 0.6 is 11.6 Å². The van der Waals surface area contributed by atoms with Crippen molar-refractivity contribution in [3.05, 3.63) is 51.9 Å². The zero-order valence-electron chi connectivity index (χ0n) is 11.0. The molecule has 0 radical (unpaired) electrons. The molecule has 0 amide bonds. The van der Waals surface area contributed by atoms with Crippen LogP contribution in [0.3, 0.4) is 0 Å². The third-order valence-electron chi connectivity index (χ3n) is 2.99. The Labute approximate surface area is 124 Å². The molecular formula is C14H11ClN4O2. The Morgan fingerprint density at radius 2 is 1.95 bits per heavy atom. The highest BCUT2D eigenvalue weighted by atomic mass is 35.5. The van der Waals surface area contributed by atoms with E-state index in [1.54, 1.807) is 48.3 Å². The van der Waals surface area contributed by atoms with E-state index < -0.39 is 5.56 Å². The minimum Gasteiger partial charge on any atom is -0.493 e. The van der Waals surface area contributed by atoms with Gasteiger partial charge in [0.1, 0.15) is 11.3 Å². The Balaban J connectivity index is 2.12. The second-order valence-corrected chi connectivity index (χ2v) is 4.93. The van der Waals surface area contributed by atoms with E-state index in [0.717, 1.165) is 0 Å². The molecule has 0 aliphatic heterocycles. The fraction of sp³-hybridized carbons (Fsp3) is 0.0714. The number of hydrogen-bond donors (Lipinski definition) is 2. The summed E-state index contributed by atoms with van der Waals surface area (Å²) in [5, 5.41) is 14.7. The highest BCUT2D eigenvalue weighted by Gasteiger charge is 2.14. The highest BCUT2D eigenvalue weighted by Crippen LogP contribution is 2.26. The maximum Gasteiger partial charge on any atom is 0.262 e. The molecule has 2 heterocycles. The van der Waals surface area contributed by atoms with E-state index >= 15 is 0 Å². The van der Waals surface area contributed by atoms with E-state index in [1.807, 2.05) is 0 Å². The lowest BCUT2D eigenvalue weighted by Crippen LogP contribution is -2.12. The monoisotopic (exact) mass is 302 g/mol.